The molecule has 0 radical (unpaired) electrons. The molecule has 0 spiro atoms. The average molecular weight is 366 g/mol. The molecule has 1 aliphatic carbocycles. The van der Waals surface area contributed by atoms with Crippen molar-refractivity contribution in [2.75, 3.05) is 33.6 Å². The van der Waals surface area contributed by atoms with E-state index in [0.29, 0.717) is 12.6 Å². The maximum absolute atomic E-state index is 5.76. The van der Waals surface area contributed by atoms with Gasteiger partial charge in [-0.05, 0) is 43.2 Å². The van der Waals surface area contributed by atoms with Crippen LogP contribution in [0.25, 0.3) is 0 Å². The van der Waals surface area contributed by atoms with Gasteiger partial charge in [0.25, 0.3) is 0 Å². The van der Waals surface area contributed by atoms with Crippen LogP contribution in [0.1, 0.15) is 31.2 Å². The zero-order chi connectivity index (χ0) is 17.9. The van der Waals surface area contributed by atoms with Gasteiger partial charge in [-0.1, -0.05) is 12.1 Å². The second-order valence-electron chi connectivity index (χ2n) is 6.28. The fourth-order valence-electron chi connectivity index (χ4n) is 3.00. The number of methoxy groups -OCH3 is 1. The fourth-order valence-corrected chi connectivity index (χ4v) is 3.79. The lowest BCUT2D eigenvalue weighted by molar-refractivity contribution is 0.172. The van der Waals surface area contributed by atoms with Crippen molar-refractivity contribution < 1.29 is 9.47 Å². The number of benzene rings is 1. The molecule has 2 rings (SSSR count). The molecule has 0 saturated heterocycles. The van der Waals surface area contributed by atoms with Crippen molar-refractivity contribution in [2.45, 2.75) is 43.5 Å². The first-order valence-corrected chi connectivity index (χ1v) is 10.2. The lowest BCUT2D eigenvalue weighted by Gasteiger charge is -2.17. The highest BCUT2D eigenvalue weighted by Gasteiger charge is 2.24. The number of nitrogens with zero attached hydrogens (tertiary/aromatic N) is 1. The molecule has 0 bridgehead atoms. The molecule has 0 aromatic heterocycles. The summed E-state index contributed by atoms with van der Waals surface area (Å²) in [6.07, 6.45) is 6.82. The summed E-state index contributed by atoms with van der Waals surface area (Å²) >= 11 is 1.97. The quantitative estimate of drug-likeness (QED) is 0.400. The summed E-state index contributed by atoms with van der Waals surface area (Å²) in [5, 5.41) is 7.73. The number of hydrogen-bond acceptors (Lipinski definition) is 4. The summed E-state index contributed by atoms with van der Waals surface area (Å²) in [7, 11) is 3.53. The number of ether oxygens (including phenoxy) is 2. The molecule has 1 aromatic carbocycles. The first-order valence-electron chi connectivity index (χ1n) is 8.95. The highest BCUT2D eigenvalue weighted by Crippen LogP contribution is 2.28. The van der Waals surface area contributed by atoms with Gasteiger partial charge in [0, 0.05) is 45.0 Å². The molecule has 6 heteroatoms. The summed E-state index contributed by atoms with van der Waals surface area (Å²) in [5.41, 5.74) is 1.18. The number of hydrogen-bond donors (Lipinski definition) is 2. The van der Waals surface area contributed by atoms with Crippen molar-refractivity contribution in [1.29, 1.82) is 0 Å². The molecule has 2 N–H and O–H groups in total. The molecule has 1 aromatic rings. The number of nitrogens with one attached hydrogen (secondary N) is 2. The van der Waals surface area contributed by atoms with Crippen LogP contribution in [-0.4, -0.2) is 50.9 Å². The molecule has 25 heavy (non-hydrogen) atoms. The van der Waals surface area contributed by atoms with E-state index in [9.17, 15) is 0 Å². The summed E-state index contributed by atoms with van der Waals surface area (Å²) in [5.74, 6) is 1.77. The third kappa shape index (κ3) is 7.16. The molecule has 0 heterocycles. The molecule has 1 fully saturated rings. The molecule has 2 unspecified atom stereocenters. The predicted octanol–water partition coefficient (Wildman–Crippen LogP) is 3.05. The Kier molecular flexibility index (Phi) is 8.97. The first kappa shape index (κ1) is 19.9. The van der Waals surface area contributed by atoms with Crippen molar-refractivity contribution in [3.05, 3.63) is 29.8 Å². The Morgan fingerprint density at radius 3 is 2.92 bits per heavy atom. The van der Waals surface area contributed by atoms with Gasteiger partial charge in [0.1, 0.15) is 5.75 Å². The van der Waals surface area contributed by atoms with E-state index < -0.39 is 0 Å². The highest BCUT2D eigenvalue weighted by atomic mass is 32.2. The van der Waals surface area contributed by atoms with Crippen molar-refractivity contribution in [2.24, 2.45) is 4.99 Å². The van der Waals surface area contributed by atoms with Gasteiger partial charge < -0.3 is 20.1 Å². The molecule has 2 atom stereocenters. The van der Waals surface area contributed by atoms with Gasteiger partial charge in [0.05, 0.1) is 6.61 Å². The average Bonchev–Trinajstić information content (AvgIpc) is 3.10. The molecule has 1 aliphatic rings. The maximum atomic E-state index is 5.76. The monoisotopic (exact) mass is 365 g/mol. The number of thioether (sulfide) groups is 1. The Labute approximate surface area is 156 Å². The maximum Gasteiger partial charge on any atom is 0.191 e. The first-order chi connectivity index (χ1) is 12.2. The summed E-state index contributed by atoms with van der Waals surface area (Å²) in [6.45, 7) is 2.13. The SMILES string of the molecule is CN=C(NCc1cccc(OCCCOC)c1)NC1CCC(SC)C1. The van der Waals surface area contributed by atoms with Crippen molar-refractivity contribution in [3.63, 3.8) is 0 Å². The summed E-state index contributed by atoms with van der Waals surface area (Å²) in [6, 6.07) is 8.72. The van der Waals surface area contributed by atoms with Crippen LogP contribution < -0.4 is 15.4 Å². The number of aliphatic imine (C=N–C) groups is 1. The smallest absolute Gasteiger partial charge is 0.191 e. The number of rotatable bonds is 9. The molecular weight excluding hydrogens is 334 g/mol. The Balaban J connectivity index is 1.77. The minimum Gasteiger partial charge on any atom is -0.493 e. The standard InChI is InChI=1S/C19H31N3O2S/c1-20-19(22-16-8-9-18(13-16)25-3)21-14-15-6-4-7-17(12-15)24-11-5-10-23-2/h4,6-7,12,16,18H,5,8-11,13-14H2,1-3H3,(H2,20,21,22). The molecular formula is C19H31N3O2S. The Morgan fingerprint density at radius 1 is 1.32 bits per heavy atom. The van der Waals surface area contributed by atoms with Crippen LogP contribution in [0.3, 0.4) is 0 Å². The minimum absolute atomic E-state index is 0.527. The lowest BCUT2D eigenvalue weighted by atomic mass is 10.2. The van der Waals surface area contributed by atoms with Gasteiger partial charge >= 0.3 is 0 Å². The second kappa shape index (κ2) is 11.3. The van der Waals surface area contributed by atoms with E-state index in [4.69, 9.17) is 9.47 Å². The normalized spacial score (nSPS) is 20.5. The molecule has 0 amide bonds. The third-order valence-corrected chi connectivity index (χ3v) is 5.50. The largest absolute Gasteiger partial charge is 0.493 e. The Hall–Kier alpha value is -1.40. The van der Waals surface area contributed by atoms with Gasteiger partial charge in [0.2, 0.25) is 0 Å². The van der Waals surface area contributed by atoms with Crippen LogP contribution in [0.5, 0.6) is 5.75 Å². The third-order valence-electron chi connectivity index (χ3n) is 4.40. The molecule has 140 valence electrons. The van der Waals surface area contributed by atoms with Crippen LogP contribution in [0.15, 0.2) is 29.3 Å². The van der Waals surface area contributed by atoms with Gasteiger partial charge in [0.15, 0.2) is 5.96 Å². The van der Waals surface area contributed by atoms with Crippen molar-refractivity contribution in [1.82, 2.24) is 10.6 Å². The van der Waals surface area contributed by atoms with Crippen LogP contribution in [0, 0.1) is 0 Å². The van der Waals surface area contributed by atoms with E-state index in [0.717, 1.165) is 36.5 Å². The topological polar surface area (TPSA) is 54.9 Å². The van der Waals surface area contributed by atoms with Crippen molar-refractivity contribution >= 4 is 17.7 Å². The molecule has 0 aliphatic heterocycles. The lowest BCUT2D eigenvalue weighted by Crippen LogP contribution is -2.42. The van der Waals surface area contributed by atoms with Crippen LogP contribution in [0.2, 0.25) is 0 Å². The van der Waals surface area contributed by atoms with E-state index in [2.05, 4.69) is 34.0 Å². The molecule has 5 nitrogen and oxygen atoms in total. The van der Waals surface area contributed by atoms with E-state index in [-0.39, 0.29) is 0 Å². The van der Waals surface area contributed by atoms with Gasteiger partial charge in [-0.2, -0.15) is 11.8 Å². The zero-order valence-electron chi connectivity index (χ0n) is 15.6. The van der Waals surface area contributed by atoms with Gasteiger partial charge in [-0.15, -0.1) is 0 Å². The Morgan fingerprint density at radius 2 is 2.20 bits per heavy atom. The zero-order valence-corrected chi connectivity index (χ0v) is 16.4. The fraction of sp³-hybridized carbons (Fsp3) is 0.632. The van der Waals surface area contributed by atoms with Gasteiger partial charge in [-0.3, -0.25) is 4.99 Å². The highest BCUT2D eigenvalue weighted by molar-refractivity contribution is 7.99. The number of guanidine groups is 1. The molecule has 1 saturated carbocycles. The van der Waals surface area contributed by atoms with Crippen LogP contribution in [0.4, 0.5) is 0 Å². The van der Waals surface area contributed by atoms with Crippen molar-refractivity contribution in [3.8, 4) is 5.75 Å². The van der Waals surface area contributed by atoms with Crippen LogP contribution >= 0.6 is 11.8 Å². The van der Waals surface area contributed by atoms with E-state index >= 15 is 0 Å². The van der Waals surface area contributed by atoms with Crippen LogP contribution in [-0.2, 0) is 11.3 Å². The van der Waals surface area contributed by atoms with Gasteiger partial charge in [-0.25, -0.2) is 0 Å². The van der Waals surface area contributed by atoms with E-state index in [1.807, 2.05) is 30.9 Å². The Bertz CT molecular complexity index is 539. The van der Waals surface area contributed by atoms with E-state index in [1.54, 1.807) is 7.11 Å². The minimum atomic E-state index is 0.527. The summed E-state index contributed by atoms with van der Waals surface area (Å²) < 4.78 is 10.8. The summed E-state index contributed by atoms with van der Waals surface area (Å²) in [4.78, 5) is 4.35. The van der Waals surface area contributed by atoms with E-state index in [1.165, 1.54) is 24.8 Å². The second-order valence-corrected chi connectivity index (χ2v) is 7.42. The predicted molar refractivity (Wildman–Crippen MR) is 107 cm³/mol.